The maximum Gasteiger partial charge on any atom is 0.115 e. The number of nitrogens with zero attached hydrogens (tertiary/aromatic N) is 1. The third-order valence-electron chi connectivity index (χ3n) is 4.54. The van der Waals surface area contributed by atoms with Crippen LogP contribution in [0.25, 0.3) is 5.70 Å². The summed E-state index contributed by atoms with van der Waals surface area (Å²) in [6.45, 7) is 4.26. The molecule has 140 valence electrons. The molecule has 0 spiro atoms. The minimum atomic E-state index is -0.237. The Morgan fingerprint density at radius 3 is 2.44 bits per heavy atom. The Hall–Kier alpha value is -2.59. The number of benzene rings is 1. The molecule has 27 heavy (non-hydrogen) atoms. The SMILES string of the molecule is C[NH+]1CCOCC1.N#CC1=C([S-])NC(c2ccccc2)=CC1c1ccco1. The third-order valence-corrected chi connectivity index (χ3v) is 4.86. The van der Waals surface area contributed by atoms with E-state index in [2.05, 4.69) is 18.4 Å². The Morgan fingerprint density at radius 1 is 1.15 bits per heavy atom. The van der Waals surface area contributed by atoms with Crippen molar-refractivity contribution in [1.29, 1.82) is 5.26 Å². The highest BCUT2D eigenvalue weighted by Crippen LogP contribution is 2.33. The molecular formula is C21H23N3O2S. The van der Waals surface area contributed by atoms with Crippen LogP contribution in [0.15, 0.2) is 69.8 Å². The van der Waals surface area contributed by atoms with Crippen LogP contribution in [0.1, 0.15) is 17.2 Å². The molecule has 2 aliphatic heterocycles. The Morgan fingerprint density at radius 2 is 1.89 bits per heavy atom. The molecule has 0 aliphatic carbocycles. The molecule has 1 saturated heterocycles. The number of dihydropyridines is 1. The Balaban J connectivity index is 0.000000253. The first-order valence-corrected chi connectivity index (χ1v) is 9.38. The standard InChI is InChI=1S/C16H12N2OS.C5H11NO/c17-10-13-12(15-7-4-8-19-15)9-14(18-16(13)20)11-5-2-1-3-6-11;1-6-2-4-7-5-3-6/h1-9,12,18,20H;2-5H2,1H3. The number of nitrogens with one attached hydrogen (secondary N) is 2. The lowest BCUT2D eigenvalue weighted by Gasteiger charge is -2.29. The van der Waals surface area contributed by atoms with E-state index in [-0.39, 0.29) is 5.92 Å². The van der Waals surface area contributed by atoms with Crippen LogP contribution in [0, 0.1) is 11.3 Å². The maximum absolute atomic E-state index is 9.30. The summed E-state index contributed by atoms with van der Waals surface area (Å²) in [6, 6.07) is 15.7. The number of rotatable bonds is 2. The molecular weight excluding hydrogens is 358 g/mol. The number of nitriles is 1. The summed E-state index contributed by atoms with van der Waals surface area (Å²) < 4.78 is 10.6. The van der Waals surface area contributed by atoms with Gasteiger partial charge in [0.25, 0.3) is 0 Å². The average molecular weight is 382 g/mol. The summed E-state index contributed by atoms with van der Waals surface area (Å²) in [5.41, 5.74) is 2.44. The number of likely N-dealkylation sites (N-methyl/N-ethyl adjacent to an activating group) is 1. The smallest absolute Gasteiger partial charge is 0.115 e. The van der Waals surface area contributed by atoms with Crippen LogP contribution in [0.4, 0.5) is 0 Å². The molecule has 0 amide bonds. The van der Waals surface area contributed by atoms with Crippen LogP contribution >= 0.6 is 0 Å². The number of ether oxygens (including phenoxy) is 1. The first-order chi connectivity index (χ1) is 13.2. The lowest BCUT2D eigenvalue weighted by atomic mass is 9.93. The molecule has 4 rings (SSSR count). The van der Waals surface area contributed by atoms with Gasteiger partial charge in [0.2, 0.25) is 0 Å². The molecule has 1 atom stereocenters. The van der Waals surface area contributed by atoms with Gasteiger partial charge in [-0.2, -0.15) is 5.26 Å². The van der Waals surface area contributed by atoms with Gasteiger partial charge in [-0.1, -0.05) is 35.4 Å². The largest absolute Gasteiger partial charge is 0.761 e. The van der Waals surface area contributed by atoms with Crippen LogP contribution in [0.2, 0.25) is 0 Å². The Kier molecular flexibility index (Phi) is 6.66. The summed E-state index contributed by atoms with van der Waals surface area (Å²) in [5.74, 6) is 0.484. The molecule has 6 heteroatoms. The molecule has 0 bridgehead atoms. The van der Waals surface area contributed by atoms with E-state index in [0.29, 0.717) is 10.6 Å². The molecule has 1 unspecified atom stereocenters. The van der Waals surface area contributed by atoms with Crippen LogP contribution in [0.3, 0.4) is 0 Å². The van der Waals surface area contributed by atoms with E-state index < -0.39 is 0 Å². The second-order valence-electron chi connectivity index (χ2n) is 6.49. The fourth-order valence-corrected chi connectivity index (χ4v) is 3.22. The van der Waals surface area contributed by atoms with Crippen LogP contribution < -0.4 is 10.2 Å². The Labute approximate surface area is 165 Å². The summed E-state index contributed by atoms with van der Waals surface area (Å²) in [4.78, 5) is 1.59. The molecule has 2 aliphatic rings. The van der Waals surface area contributed by atoms with Gasteiger partial charge >= 0.3 is 0 Å². The number of allylic oxidation sites excluding steroid dienone is 2. The Bertz CT molecular complexity index is 832. The highest BCUT2D eigenvalue weighted by Gasteiger charge is 2.22. The molecule has 5 nitrogen and oxygen atoms in total. The van der Waals surface area contributed by atoms with Crippen molar-refractivity contribution in [1.82, 2.24) is 5.32 Å². The van der Waals surface area contributed by atoms with Crippen molar-refractivity contribution in [3.63, 3.8) is 0 Å². The van der Waals surface area contributed by atoms with Crippen molar-refractivity contribution in [3.05, 3.63) is 76.7 Å². The van der Waals surface area contributed by atoms with Gasteiger partial charge in [-0.3, -0.25) is 0 Å². The first-order valence-electron chi connectivity index (χ1n) is 8.97. The zero-order chi connectivity index (χ0) is 19.1. The monoisotopic (exact) mass is 381 g/mol. The lowest BCUT2D eigenvalue weighted by molar-refractivity contribution is -0.888. The number of hydrogen-bond donors (Lipinski definition) is 2. The predicted octanol–water partition coefficient (Wildman–Crippen LogP) is 1.82. The van der Waals surface area contributed by atoms with Crippen molar-refractivity contribution in [2.24, 2.45) is 0 Å². The van der Waals surface area contributed by atoms with Crippen molar-refractivity contribution in [2.45, 2.75) is 5.92 Å². The van der Waals surface area contributed by atoms with Gasteiger partial charge in [-0.25, -0.2) is 0 Å². The van der Waals surface area contributed by atoms with Gasteiger partial charge in [0.05, 0.1) is 38.5 Å². The van der Waals surface area contributed by atoms with E-state index in [0.717, 1.165) is 30.2 Å². The van der Waals surface area contributed by atoms with Gasteiger partial charge in [-0.05, 0) is 23.8 Å². The van der Waals surface area contributed by atoms with Gasteiger partial charge < -0.3 is 32.0 Å². The molecule has 1 aromatic heterocycles. The normalized spacial score (nSPS) is 20.0. The van der Waals surface area contributed by atoms with Gasteiger partial charge in [-0.15, -0.1) is 0 Å². The first kappa shape index (κ1) is 19.2. The van der Waals surface area contributed by atoms with Gasteiger partial charge in [0.15, 0.2) is 0 Å². The summed E-state index contributed by atoms with van der Waals surface area (Å²) in [6.07, 6.45) is 3.58. The second kappa shape index (κ2) is 9.38. The van der Waals surface area contributed by atoms with Crippen molar-refractivity contribution < 1.29 is 14.1 Å². The van der Waals surface area contributed by atoms with Crippen LogP contribution in [0.5, 0.6) is 0 Å². The van der Waals surface area contributed by atoms with E-state index >= 15 is 0 Å². The highest BCUT2D eigenvalue weighted by molar-refractivity contribution is 7.63. The van der Waals surface area contributed by atoms with Crippen LogP contribution in [-0.2, 0) is 17.4 Å². The number of hydrogen-bond acceptors (Lipinski definition) is 5. The fourth-order valence-electron chi connectivity index (χ4n) is 2.94. The molecule has 3 heterocycles. The zero-order valence-electron chi connectivity index (χ0n) is 15.3. The van der Waals surface area contributed by atoms with Gasteiger partial charge in [0.1, 0.15) is 18.8 Å². The molecule has 0 radical (unpaired) electrons. The highest BCUT2D eigenvalue weighted by atomic mass is 32.1. The molecule has 1 fully saturated rings. The molecule has 2 aromatic rings. The van der Waals surface area contributed by atoms with E-state index in [1.165, 1.54) is 13.1 Å². The minimum Gasteiger partial charge on any atom is -0.761 e. The van der Waals surface area contributed by atoms with E-state index in [9.17, 15) is 5.26 Å². The predicted molar refractivity (Wildman–Crippen MR) is 106 cm³/mol. The summed E-state index contributed by atoms with van der Waals surface area (Å²) in [5, 5.41) is 12.9. The van der Waals surface area contributed by atoms with Crippen molar-refractivity contribution in [3.8, 4) is 6.07 Å². The van der Waals surface area contributed by atoms with E-state index in [1.807, 2.05) is 48.5 Å². The maximum atomic E-state index is 9.30. The second-order valence-corrected chi connectivity index (χ2v) is 6.90. The van der Waals surface area contributed by atoms with Crippen molar-refractivity contribution >= 4 is 18.3 Å². The number of quaternary nitrogens is 1. The van der Waals surface area contributed by atoms with Gasteiger partial charge in [0, 0.05) is 11.3 Å². The van der Waals surface area contributed by atoms with E-state index in [1.54, 1.807) is 11.2 Å². The number of furan rings is 1. The molecule has 0 saturated carbocycles. The quantitative estimate of drug-likeness (QED) is 0.777. The van der Waals surface area contributed by atoms with Crippen molar-refractivity contribution in [2.75, 3.05) is 33.4 Å². The fraction of sp³-hybridized carbons (Fsp3) is 0.286. The molecule has 2 N–H and O–H groups in total. The van der Waals surface area contributed by atoms with E-state index in [4.69, 9.17) is 21.8 Å². The average Bonchev–Trinajstić information content (AvgIpc) is 3.24. The lowest BCUT2D eigenvalue weighted by Crippen LogP contribution is -3.11. The summed E-state index contributed by atoms with van der Waals surface area (Å²) in [7, 11) is 2.20. The topological polar surface area (TPSA) is 62.6 Å². The zero-order valence-corrected chi connectivity index (χ0v) is 16.1. The third kappa shape index (κ3) is 4.98. The molecule has 1 aromatic carbocycles. The minimum absolute atomic E-state index is 0.237. The number of morpholine rings is 1. The van der Waals surface area contributed by atoms with Crippen LogP contribution in [-0.4, -0.2) is 33.4 Å². The summed E-state index contributed by atoms with van der Waals surface area (Å²) >= 11 is 5.30.